The van der Waals surface area contributed by atoms with Crippen LogP contribution in [-0.4, -0.2) is 16.0 Å². The molecule has 1 saturated heterocycles. The van der Waals surface area contributed by atoms with E-state index in [1.807, 2.05) is 36.4 Å². The number of halogens is 2. The number of benzene rings is 2. The molecule has 0 spiro atoms. The SMILES string of the molecule is O=C1S/C(=C\C(Br)=C\c2ccccc2)C(=O)N1Cc1ccccc1F. The molecule has 25 heavy (non-hydrogen) atoms. The average molecular weight is 418 g/mol. The van der Waals surface area contributed by atoms with E-state index in [1.165, 1.54) is 6.07 Å². The maximum Gasteiger partial charge on any atom is 0.293 e. The van der Waals surface area contributed by atoms with Crippen LogP contribution in [0.3, 0.4) is 0 Å². The monoisotopic (exact) mass is 417 g/mol. The zero-order valence-electron chi connectivity index (χ0n) is 13.0. The van der Waals surface area contributed by atoms with Crippen LogP contribution >= 0.6 is 27.7 Å². The van der Waals surface area contributed by atoms with E-state index < -0.39 is 17.0 Å². The number of carbonyl (C=O) groups is 2. The molecule has 2 amide bonds. The lowest BCUT2D eigenvalue weighted by Gasteiger charge is -2.12. The number of imide groups is 1. The highest BCUT2D eigenvalue weighted by molar-refractivity contribution is 9.12. The quantitative estimate of drug-likeness (QED) is 0.629. The van der Waals surface area contributed by atoms with Gasteiger partial charge in [0.2, 0.25) is 0 Å². The van der Waals surface area contributed by atoms with Gasteiger partial charge in [0.25, 0.3) is 11.1 Å². The number of rotatable bonds is 4. The molecule has 2 aromatic rings. The third kappa shape index (κ3) is 4.27. The van der Waals surface area contributed by atoms with Crippen molar-refractivity contribution in [2.24, 2.45) is 0 Å². The maximum absolute atomic E-state index is 13.8. The first-order valence-corrected chi connectivity index (χ1v) is 9.06. The minimum Gasteiger partial charge on any atom is -0.268 e. The molecule has 0 bridgehead atoms. The highest BCUT2D eigenvalue weighted by Crippen LogP contribution is 2.34. The number of thioether (sulfide) groups is 1. The van der Waals surface area contributed by atoms with Gasteiger partial charge in [-0.25, -0.2) is 4.39 Å². The summed E-state index contributed by atoms with van der Waals surface area (Å²) in [5, 5.41) is -0.403. The van der Waals surface area contributed by atoms with Gasteiger partial charge in [0, 0.05) is 10.0 Å². The lowest BCUT2D eigenvalue weighted by molar-refractivity contribution is -0.123. The van der Waals surface area contributed by atoms with E-state index in [-0.39, 0.29) is 6.54 Å². The van der Waals surface area contributed by atoms with Gasteiger partial charge in [0.15, 0.2) is 0 Å². The van der Waals surface area contributed by atoms with Crippen molar-refractivity contribution in [2.75, 3.05) is 0 Å². The number of allylic oxidation sites excluding steroid dienone is 2. The average Bonchev–Trinajstić information content (AvgIpc) is 2.85. The summed E-state index contributed by atoms with van der Waals surface area (Å²) >= 11 is 4.25. The second kappa shape index (κ2) is 7.80. The Morgan fingerprint density at radius 3 is 2.48 bits per heavy atom. The van der Waals surface area contributed by atoms with Gasteiger partial charge in [-0.15, -0.1) is 0 Å². The molecule has 1 aliphatic rings. The van der Waals surface area contributed by atoms with Crippen LogP contribution in [0.25, 0.3) is 6.08 Å². The number of nitrogens with zero attached hydrogens (tertiary/aromatic N) is 1. The molecule has 2 aromatic carbocycles. The molecule has 1 heterocycles. The molecule has 0 aromatic heterocycles. The first-order valence-electron chi connectivity index (χ1n) is 7.45. The van der Waals surface area contributed by atoms with Gasteiger partial charge in [0.1, 0.15) is 5.82 Å². The molecule has 3 rings (SSSR count). The second-order valence-electron chi connectivity index (χ2n) is 5.30. The van der Waals surface area contributed by atoms with E-state index in [1.54, 1.807) is 24.3 Å². The maximum atomic E-state index is 13.8. The highest BCUT2D eigenvalue weighted by atomic mass is 79.9. The minimum atomic E-state index is -0.435. The number of carbonyl (C=O) groups excluding carboxylic acids is 2. The summed E-state index contributed by atoms with van der Waals surface area (Å²) in [6.45, 7) is -0.0747. The third-order valence-corrected chi connectivity index (χ3v) is 4.90. The summed E-state index contributed by atoms with van der Waals surface area (Å²) in [6, 6.07) is 15.7. The summed E-state index contributed by atoms with van der Waals surface area (Å²) in [6.07, 6.45) is 3.46. The standard InChI is InChI=1S/C19H13BrFNO2S/c20-15(10-13-6-2-1-3-7-13)11-17-18(23)22(19(24)25-17)12-14-8-4-5-9-16(14)21/h1-11H,12H2/b15-10-,17-11-. The van der Waals surface area contributed by atoms with Crippen LogP contribution in [0.5, 0.6) is 0 Å². The van der Waals surface area contributed by atoms with Crippen molar-refractivity contribution >= 4 is 44.9 Å². The fourth-order valence-electron chi connectivity index (χ4n) is 2.31. The van der Waals surface area contributed by atoms with E-state index in [0.29, 0.717) is 15.0 Å². The smallest absolute Gasteiger partial charge is 0.268 e. The van der Waals surface area contributed by atoms with Crippen LogP contribution < -0.4 is 0 Å². The Kier molecular flexibility index (Phi) is 5.50. The van der Waals surface area contributed by atoms with Crippen molar-refractivity contribution in [1.82, 2.24) is 4.90 Å². The summed E-state index contributed by atoms with van der Waals surface area (Å²) in [7, 11) is 0. The van der Waals surface area contributed by atoms with Gasteiger partial charge in [-0.3, -0.25) is 14.5 Å². The topological polar surface area (TPSA) is 37.4 Å². The van der Waals surface area contributed by atoms with Crippen molar-refractivity contribution < 1.29 is 14.0 Å². The fraction of sp³-hybridized carbons (Fsp3) is 0.0526. The largest absolute Gasteiger partial charge is 0.293 e. The molecule has 126 valence electrons. The van der Waals surface area contributed by atoms with Crippen molar-refractivity contribution in [2.45, 2.75) is 6.54 Å². The number of hydrogen-bond donors (Lipinski definition) is 0. The molecule has 0 atom stereocenters. The lowest BCUT2D eigenvalue weighted by Crippen LogP contribution is -2.27. The van der Waals surface area contributed by atoms with Gasteiger partial charge in [0.05, 0.1) is 11.4 Å². The second-order valence-corrected chi connectivity index (χ2v) is 7.21. The summed E-state index contributed by atoms with van der Waals surface area (Å²) in [5.74, 6) is -0.854. The van der Waals surface area contributed by atoms with E-state index >= 15 is 0 Å². The third-order valence-electron chi connectivity index (χ3n) is 3.53. The molecular formula is C19H13BrFNO2S. The Balaban J connectivity index is 1.79. The van der Waals surface area contributed by atoms with Crippen LogP contribution in [0.1, 0.15) is 11.1 Å². The molecule has 3 nitrogen and oxygen atoms in total. The Morgan fingerprint density at radius 2 is 1.76 bits per heavy atom. The van der Waals surface area contributed by atoms with E-state index in [0.717, 1.165) is 22.2 Å². The van der Waals surface area contributed by atoms with E-state index in [4.69, 9.17) is 0 Å². The molecule has 6 heteroatoms. The molecule has 0 saturated carbocycles. The molecule has 0 N–H and O–H groups in total. The van der Waals surface area contributed by atoms with Crippen molar-refractivity contribution in [1.29, 1.82) is 0 Å². The van der Waals surface area contributed by atoms with Crippen molar-refractivity contribution in [3.63, 3.8) is 0 Å². The minimum absolute atomic E-state index is 0.0747. The van der Waals surface area contributed by atoms with Gasteiger partial charge >= 0.3 is 0 Å². The number of amides is 2. The first-order chi connectivity index (χ1) is 12.0. The van der Waals surface area contributed by atoms with Gasteiger partial charge in [-0.2, -0.15) is 0 Å². The number of hydrogen-bond acceptors (Lipinski definition) is 3. The predicted molar refractivity (Wildman–Crippen MR) is 101 cm³/mol. The molecule has 0 aliphatic carbocycles. The normalized spacial score (nSPS) is 16.8. The lowest BCUT2D eigenvalue weighted by atomic mass is 10.2. The Hall–Kier alpha value is -2.18. The molecule has 1 fully saturated rings. The van der Waals surface area contributed by atoms with Crippen LogP contribution in [0.2, 0.25) is 0 Å². The van der Waals surface area contributed by atoms with Crippen LogP contribution in [0.15, 0.2) is 70.1 Å². The Bertz CT molecular complexity index is 880. The summed E-state index contributed by atoms with van der Waals surface area (Å²) in [5.41, 5.74) is 1.28. The highest BCUT2D eigenvalue weighted by Gasteiger charge is 2.35. The van der Waals surface area contributed by atoms with Gasteiger partial charge in [-0.1, -0.05) is 64.5 Å². The first kappa shape index (κ1) is 17.6. The fourth-order valence-corrected chi connectivity index (χ4v) is 3.78. The Morgan fingerprint density at radius 1 is 1.08 bits per heavy atom. The summed E-state index contributed by atoms with van der Waals surface area (Å²) < 4.78 is 14.4. The van der Waals surface area contributed by atoms with Gasteiger partial charge < -0.3 is 0 Å². The predicted octanol–water partition coefficient (Wildman–Crippen LogP) is 5.34. The van der Waals surface area contributed by atoms with Crippen LogP contribution in [0, 0.1) is 5.82 Å². The van der Waals surface area contributed by atoms with Gasteiger partial charge in [-0.05, 0) is 35.5 Å². The molecule has 0 unspecified atom stereocenters. The zero-order chi connectivity index (χ0) is 17.8. The molecular weight excluding hydrogens is 405 g/mol. The van der Waals surface area contributed by atoms with Crippen LogP contribution in [-0.2, 0) is 11.3 Å². The van der Waals surface area contributed by atoms with E-state index in [2.05, 4.69) is 15.9 Å². The van der Waals surface area contributed by atoms with Crippen molar-refractivity contribution in [3.05, 3.63) is 87.0 Å². The van der Waals surface area contributed by atoms with Crippen molar-refractivity contribution in [3.8, 4) is 0 Å². The van der Waals surface area contributed by atoms with Crippen LogP contribution in [0.4, 0.5) is 9.18 Å². The molecule has 0 radical (unpaired) electrons. The van der Waals surface area contributed by atoms with E-state index in [9.17, 15) is 14.0 Å². The Labute approximate surface area is 157 Å². The molecule has 1 aliphatic heterocycles. The summed E-state index contributed by atoms with van der Waals surface area (Å²) in [4.78, 5) is 25.9. The zero-order valence-corrected chi connectivity index (χ0v) is 15.4.